The van der Waals surface area contributed by atoms with Crippen LogP contribution in [0.4, 0.5) is 0 Å². The van der Waals surface area contributed by atoms with Crippen LogP contribution in [0.15, 0.2) is 0 Å². The van der Waals surface area contributed by atoms with Gasteiger partial charge in [-0.3, -0.25) is 9.59 Å². The molecule has 0 aromatic rings. The maximum Gasteiger partial charge on any atom is 0.245 e. The molecule has 5 nitrogen and oxygen atoms in total. The van der Waals surface area contributed by atoms with E-state index in [1.165, 1.54) is 0 Å². The molecule has 0 saturated carbocycles. The quantitative estimate of drug-likeness (QED) is 0.726. The lowest BCUT2D eigenvalue weighted by Gasteiger charge is -2.42. The number of nitrogens with zero attached hydrogens (tertiary/aromatic N) is 1. The van der Waals surface area contributed by atoms with E-state index in [1.54, 1.807) is 18.7 Å². The van der Waals surface area contributed by atoms with Crippen molar-refractivity contribution in [1.29, 1.82) is 0 Å². The van der Waals surface area contributed by atoms with Gasteiger partial charge >= 0.3 is 0 Å². The number of amides is 2. The first kappa shape index (κ1) is 14.0. The van der Waals surface area contributed by atoms with Crippen LogP contribution in [-0.4, -0.2) is 48.4 Å². The molecule has 0 spiro atoms. The summed E-state index contributed by atoms with van der Waals surface area (Å²) in [6.07, 6.45) is 0. The molecule has 0 bridgehead atoms. The third-order valence-corrected chi connectivity index (χ3v) is 3.24. The van der Waals surface area contributed by atoms with Gasteiger partial charge in [-0.2, -0.15) is 0 Å². The number of carbonyl (C=O) groups is 2. The van der Waals surface area contributed by atoms with Crippen molar-refractivity contribution in [2.24, 2.45) is 5.92 Å². The molecule has 0 aliphatic carbocycles. The standard InChI is InChI=1S/C12H23N3O2/c1-5-13-8-9(2)10(16)15-7-6-14-11(17)12(15,3)4/h9,13H,5-8H2,1-4H3,(H,14,17). The van der Waals surface area contributed by atoms with Crippen molar-refractivity contribution in [3.8, 4) is 0 Å². The average molecular weight is 241 g/mol. The lowest BCUT2D eigenvalue weighted by molar-refractivity contribution is -0.151. The maximum absolute atomic E-state index is 12.3. The van der Waals surface area contributed by atoms with E-state index < -0.39 is 5.54 Å². The van der Waals surface area contributed by atoms with Crippen molar-refractivity contribution < 1.29 is 9.59 Å². The molecule has 17 heavy (non-hydrogen) atoms. The van der Waals surface area contributed by atoms with Crippen LogP contribution in [0.1, 0.15) is 27.7 Å². The Labute approximate surface area is 103 Å². The van der Waals surface area contributed by atoms with Crippen LogP contribution >= 0.6 is 0 Å². The molecule has 5 heteroatoms. The summed E-state index contributed by atoms with van der Waals surface area (Å²) in [7, 11) is 0. The summed E-state index contributed by atoms with van der Waals surface area (Å²) in [5.41, 5.74) is -0.740. The third-order valence-electron chi connectivity index (χ3n) is 3.24. The SMILES string of the molecule is CCNCC(C)C(=O)N1CCNC(=O)C1(C)C. The Bertz CT molecular complexity index is 302. The second-order valence-electron chi connectivity index (χ2n) is 5.01. The van der Waals surface area contributed by atoms with E-state index >= 15 is 0 Å². The van der Waals surface area contributed by atoms with Gasteiger partial charge in [-0.15, -0.1) is 0 Å². The first-order chi connectivity index (χ1) is 7.91. The van der Waals surface area contributed by atoms with E-state index in [4.69, 9.17) is 0 Å². The predicted molar refractivity (Wildman–Crippen MR) is 66.5 cm³/mol. The van der Waals surface area contributed by atoms with Crippen molar-refractivity contribution in [2.75, 3.05) is 26.2 Å². The summed E-state index contributed by atoms with van der Waals surface area (Å²) in [6, 6.07) is 0. The number of hydrogen-bond donors (Lipinski definition) is 2. The molecule has 0 aromatic heterocycles. The van der Waals surface area contributed by atoms with Gasteiger partial charge in [0.05, 0.1) is 0 Å². The Hall–Kier alpha value is -1.10. The van der Waals surface area contributed by atoms with Crippen molar-refractivity contribution in [2.45, 2.75) is 33.2 Å². The van der Waals surface area contributed by atoms with Gasteiger partial charge in [-0.05, 0) is 20.4 Å². The van der Waals surface area contributed by atoms with E-state index in [2.05, 4.69) is 10.6 Å². The molecule has 2 amide bonds. The van der Waals surface area contributed by atoms with Gasteiger partial charge in [0.1, 0.15) is 5.54 Å². The number of nitrogens with one attached hydrogen (secondary N) is 2. The lowest BCUT2D eigenvalue weighted by Crippen LogP contribution is -2.64. The van der Waals surface area contributed by atoms with E-state index in [-0.39, 0.29) is 17.7 Å². The monoisotopic (exact) mass is 241 g/mol. The Morgan fingerprint density at radius 2 is 2.24 bits per heavy atom. The topological polar surface area (TPSA) is 61.4 Å². The molecule has 98 valence electrons. The largest absolute Gasteiger partial charge is 0.352 e. The minimum Gasteiger partial charge on any atom is -0.352 e. The van der Waals surface area contributed by atoms with Crippen LogP contribution in [0.5, 0.6) is 0 Å². The lowest BCUT2D eigenvalue weighted by atomic mass is 9.96. The zero-order valence-corrected chi connectivity index (χ0v) is 11.2. The maximum atomic E-state index is 12.3. The molecule has 1 aliphatic rings. The van der Waals surface area contributed by atoms with E-state index in [9.17, 15) is 9.59 Å². The fourth-order valence-corrected chi connectivity index (χ4v) is 2.00. The highest BCUT2D eigenvalue weighted by Gasteiger charge is 2.41. The first-order valence-electron chi connectivity index (χ1n) is 6.21. The minimum atomic E-state index is -0.740. The second kappa shape index (κ2) is 5.49. The molecule has 0 radical (unpaired) electrons. The van der Waals surface area contributed by atoms with Crippen LogP contribution < -0.4 is 10.6 Å². The molecule has 1 heterocycles. The minimum absolute atomic E-state index is 0.0470. The van der Waals surface area contributed by atoms with Crippen LogP contribution in [0.3, 0.4) is 0 Å². The first-order valence-corrected chi connectivity index (χ1v) is 6.21. The summed E-state index contributed by atoms with van der Waals surface area (Å²) >= 11 is 0. The highest BCUT2D eigenvalue weighted by molar-refractivity contribution is 5.92. The summed E-state index contributed by atoms with van der Waals surface area (Å²) in [5.74, 6) is -0.126. The van der Waals surface area contributed by atoms with Crippen molar-refractivity contribution >= 4 is 11.8 Å². The Kier molecular flexibility index (Phi) is 4.51. The fourth-order valence-electron chi connectivity index (χ4n) is 2.00. The predicted octanol–water partition coefficient (Wildman–Crippen LogP) is -0.0310. The van der Waals surface area contributed by atoms with Crippen LogP contribution in [0.25, 0.3) is 0 Å². The van der Waals surface area contributed by atoms with Crippen LogP contribution in [0, 0.1) is 5.92 Å². The Balaban J connectivity index is 2.70. The molecule has 1 unspecified atom stereocenters. The zero-order valence-electron chi connectivity index (χ0n) is 11.2. The molecule has 1 atom stereocenters. The van der Waals surface area contributed by atoms with Gasteiger partial charge in [0.25, 0.3) is 0 Å². The molecule has 1 fully saturated rings. The summed E-state index contributed by atoms with van der Waals surface area (Å²) in [5, 5.41) is 5.95. The second-order valence-corrected chi connectivity index (χ2v) is 5.01. The van der Waals surface area contributed by atoms with Crippen LogP contribution in [0.2, 0.25) is 0 Å². The molecular weight excluding hydrogens is 218 g/mol. The number of carbonyl (C=O) groups excluding carboxylic acids is 2. The van der Waals surface area contributed by atoms with E-state index in [1.807, 2.05) is 13.8 Å². The number of hydrogen-bond acceptors (Lipinski definition) is 3. The zero-order chi connectivity index (χ0) is 13.1. The summed E-state index contributed by atoms with van der Waals surface area (Å²) in [4.78, 5) is 25.7. The fraction of sp³-hybridized carbons (Fsp3) is 0.833. The number of piperazine rings is 1. The van der Waals surface area contributed by atoms with Crippen molar-refractivity contribution in [3.63, 3.8) is 0 Å². The van der Waals surface area contributed by atoms with E-state index in [0.29, 0.717) is 19.6 Å². The van der Waals surface area contributed by atoms with Gasteiger partial charge in [0.15, 0.2) is 0 Å². The van der Waals surface area contributed by atoms with Crippen molar-refractivity contribution in [3.05, 3.63) is 0 Å². The Morgan fingerprint density at radius 3 is 2.82 bits per heavy atom. The number of rotatable bonds is 4. The summed E-state index contributed by atoms with van der Waals surface area (Å²) < 4.78 is 0. The Morgan fingerprint density at radius 1 is 1.59 bits per heavy atom. The van der Waals surface area contributed by atoms with E-state index in [0.717, 1.165) is 6.54 Å². The normalized spacial score (nSPS) is 20.9. The molecular formula is C12H23N3O2. The van der Waals surface area contributed by atoms with Crippen molar-refractivity contribution in [1.82, 2.24) is 15.5 Å². The van der Waals surface area contributed by atoms with Gasteiger partial charge < -0.3 is 15.5 Å². The van der Waals surface area contributed by atoms with Gasteiger partial charge in [0, 0.05) is 25.6 Å². The molecule has 2 N–H and O–H groups in total. The molecule has 1 aliphatic heterocycles. The third kappa shape index (κ3) is 2.97. The summed E-state index contributed by atoms with van der Waals surface area (Å²) in [6.45, 7) is 10.1. The smallest absolute Gasteiger partial charge is 0.245 e. The molecule has 0 aromatic carbocycles. The van der Waals surface area contributed by atoms with Gasteiger partial charge in [0.2, 0.25) is 11.8 Å². The molecule has 1 saturated heterocycles. The highest BCUT2D eigenvalue weighted by atomic mass is 16.2. The van der Waals surface area contributed by atoms with Gasteiger partial charge in [-0.1, -0.05) is 13.8 Å². The molecule has 1 rings (SSSR count). The van der Waals surface area contributed by atoms with Gasteiger partial charge in [-0.25, -0.2) is 0 Å². The average Bonchev–Trinajstić information content (AvgIpc) is 2.28. The highest BCUT2D eigenvalue weighted by Crippen LogP contribution is 2.20. The van der Waals surface area contributed by atoms with Crippen LogP contribution in [-0.2, 0) is 9.59 Å².